The van der Waals surface area contributed by atoms with Crippen molar-refractivity contribution in [2.45, 2.75) is 26.7 Å². The third-order valence-electron chi connectivity index (χ3n) is 1.11. The number of hydrogen-bond acceptors (Lipinski definition) is 1. The molecular formula is C5H9Cl7NPSi. The molecule has 92 valence electrons. The highest BCUT2D eigenvalue weighted by atomic mass is 35.7. The van der Waals surface area contributed by atoms with E-state index in [4.69, 9.17) is 80.8 Å². The van der Waals surface area contributed by atoms with Gasteiger partial charge in [-0.25, -0.2) is 0 Å². The molecule has 0 heterocycles. The summed E-state index contributed by atoms with van der Waals surface area (Å²) in [5.74, 6) is 0. The van der Waals surface area contributed by atoms with E-state index in [9.17, 15) is 0 Å². The van der Waals surface area contributed by atoms with Gasteiger partial charge in [-0.3, -0.25) is 0 Å². The molecule has 0 aliphatic rings. The lowest BCUT2D eigenvalue weighted by molar-refractivity contribution is 1.51. The molecule has 1 nitrogen and oxygen atoms in total. The van der Waals surface area contributed by atoms with Gasteiger partial charge < -0.3 is 4.41 Å². The van der Waals surface area contributed by atoms with E-state index in [-0.39, 0.29) is 0 Å². The molecule has 0 atom stereocenters. The van der Waals surface area contributed by atoms with Crippen molar-refractivity contribution in [3.8, 4) is 0 Å². The summed E-state index contributed by atoms with van der Waals surface area (Å²) < 4.78 is 0.529. The topological polar surface area (TPSA) is 12.4 Å². The van der Waals surface area contributed by atoms with Gasteiger partial charge in [-0.2, -0.15) is 0 Å². The van der Waals surface area contributed by atoms with E-state index in [1.165, 1.54) is 0 Å². The number of alkyl halides is 6. The molecule has 0 spiro atoms. The van der Waals surface area contributed by atoms with Crippen molar-refractivity contribution in [2.75, 3.05) is 0 Å². The summed E-state index contributed by atoms with van der Waals surface area (Å²) in [5.41, 5.74) is 0. The predicted octanol–water partition coefficient (Wildman–Crippen LogP) is 6.83. The normalized spacial score (nSPS) is 15.3. The molecule has 0 aromatic heterocycles. The largest absolute Gasteiger partial charge is 0.317 e. The van der Waals surface area contributed by atoms with Gasteiger partial charge in [-0.05, 0) is 0 Å². The summed E-state index contributed by atoms with van der Waals surface area (Å²) in [7, 11) is -1.98. The smallest absolute Gasteiger partial charge is 0.240 e. The summed E-state index contributed by atoms with van der Waals surface area (Å²) in [4.78, 5) is 0. The first-order valence-corrected chi connectivity index (χ1v) is 12.0. The lowest BCUT2D eigenvalue weighted by Crippen LogP contribution is -2.21. The molecule has 0 rings (SSSR count). The van der Waals surface area contributed by atoms with E-state index >= 15 is 0 Å². The van der Waals surface area contributed by atoms with Gasteiger partial charge in [0.15, 0.2) is 8.24 Å². The van der Waals surface area contributed by atoms with Crippen molar-refractivity contribution < 1.29 is 0 Å². The van der Waals surface area contributed by atoms with Gasteiger partial charge in [0.1, 0.15) is 6.41 Å². The minimum absolute atomic E-state index is 1.89. The van der Waals surface area contributed by atoms with Crippen molar-refractivity contribution >= 4 is 95.5 Å². The fourth-order valence-electron chi connectivity index (χ4n) is 0.671. The van der Waals surface area contributed by atoms with Gasteiger partial charge in [-0.15, -0.1) is 0 Å². The number of halogens is 7. The zero-order valence-corrected chi connectivity index (χ0v) is 15.2. The van der Waals surface area contributed by atoms with Crippen LogP contribution in [0.5, 0.6) is 0 Å². The summed E-state index contributed by atoms with van der Waals surface area (Å²) in [6.07, 6.45) is -3.21. The lowest BCUT2D eigenvalue weighted by Gasteiger charge is -2.33. The fourth-order valence-corrected chi connectivity index (χ4v) is 12.7. The quantitative estimate of drug-likeness (QED) is 0.264. The van der Waals surface area contributed by atoms with E-state index in [0.29, 0.717) is 0 Å². The average molecular weight is 390 g/mol. The molecule has 0 radical (unpaired) electrons. The Bertz CT molecular complexity index is 267. The molecular weight excluding hydrogens is 381 g/mol. The van der Waals surface area contributed by atoms with Crippen LogP contribution in [0.4, 0.5) is 0 Å². The first kappa shape index (κ1) is 17.5. The number of rotatable bonds is 1. The Kier molecular flexibility index (Phi) is 6.09. The van der Waals surface area contributed by atoms with Crippen molar-refractivity contribution in [3.63, 3.8) is 0 Å². The van der Waals surface area contributed by atoms with Crippen molar-refractivity contribution in [1.82, 2.24) is 0 Å². The lowest BCUT2D eigenvalue weighted by atomic mass is 11.8. The number of nitrogens with zero attached hydrogens (tertiary/aromatic N) is 1. The predicted molar refractivity (Wildman–Crippen MR) is 79.1 cm³/mol. The second-order valence-electron chi connectivity index (χ2n) is 3.76. The summed E-state index contributed by atoms with van der Waals surface area (Å²) in [6, 6.07) is 0. The molecule has 10 heteroatoms. The van der Waals surface area contributed by atoms with Crippen LogP contribution in [0.15, 0.2) is 4.41 Å². The van der Waals surface area contributed by atoms with Crippen LogP contribution in [-0.4, -0.2) is 15.3 Å². The average Bonchev–Trinajstić information content (AvgIpc) is 1.77. The molecule has 15 heavy (non-hydrogen) atoms. The zero-order chi connectivity index (χ0) is 12.7. The summed E-state index contributed by atoms with van der Waals surface area (Å²) in [5, 5.41) is 0. The van der Waals surface area contributed by atoms with E-state index in [2.05, 4.69) is 4.41 Å². The molecule has 0 unspecified atom stereocenters. The molecule has 0 saturated carbocycles. The van der Waals surface area contributed by atoms with Gasteiger partial charge >= 0.3 is 0 Å². The van der Waals surface area contributed by atoms with E-state index in [1.807, 2.05) is 19.6 Å². The third-order valence-corrected chi connectivity index (χ3v) is 14.1. The highest BCUT2D eigenvalue weighted by Gasteiger charge is 2.54. The van der Waals surface area contributed by atoms with Crippen molar-refractivity contribution in [2.24, 2.45) is 4.41 Å². The first-order chi connectivity index (χ1) is 6.21. The Hall–Kier alpha value is 2.48. The van der Waals surface area contributed by atoms with E-state index in [0.717, 1.165) is 0 Å². The maximum absolute atomic E-state index is 6.16. The molecule has 0 aliphatic carbocycles. The molecule has 0 bridgehead atoms. The molecule has 0 saturated heterocycles. The second-order valence-corrected chi connectivity index (χ2v) is 19.0. The van der Waals surface area contributed by atoms with Crippen LogP contribution < -0.4 is 0 Å². The Balaban J connectivity index is 5.77. The maximum atomic E-state index is 6.16. The highest BCUT2D eigenvalue weighted by molar-refractivity contribution is 8.01. The summed E-state index contributed by atoms with van der Waals surface area (Å²) >= 11 is 40.7. The molecule has 0 fully saturated rings. The Labute approximate surface area is 126 Å². The van der Waals surface area contributed by atoms with Crippen molar-refractivity contribution in [3.05, 3.63) is 0 Å². The fraction of sp³-hybridized carbons (Fsp3) is 1.00. The van der Waals surface area contributed by atoms with Crippen LogP contribution >= 0.6 is 87.3 Å². The monoisotopic (exact) mass is 387 g/mol. The molecule has 0 N–H and O–H groups in total. The Morgan fingerprint density at radius 2 is 1.13 bits per heavy atom. The second kappa shape index (κ2) is 5.23. The van der Waals surface area contributed by atoms with Crippen LogP contribution in [0.25, 0.3) is 0 Å². The van der Waals surface area contributed by atoms with Gasteiger partial charge in [-0.1, -0.05) is 100 Å². The highest BCUT2D eigenvalue weighted by Crippen LogP contribution is 2.82. The van der Waals surface area contributed by atoms with Gasteiger partial charge in [0.05, 0.1) is 0 Å². The van der Waals surface area contributed by atoms with Crippen LogP contribution in [0.3, 0.4) is 0 Å². The van der Waals surface area contributed by atoms with E-state index in [1.54, 1.807) is 0 Å². The van der Waals surface area contributed by atoms with Gasteiger partial charge in [0.25, 0.3) is 0 Å². The van der Waals surface area contributed by atoms with E-state index < -0.39 is 21.7 Å². The third kappa shape index (κ3) is 4.93. The molecule has 0 aromatic carbocycles. The molecule has 0 amide bonds. The minimum atomic E-state index is -3.21. The Morgan fingerprint density at radius 1 is 0.867 bits per heavy atom. The van der Waals surface area contributed by atoms with Crippen LogP contribution in [0, 0.1) is 0 Å². The van der Waals surface area contributed by atoms with Crippen LogP contribution in [-0.2, 0) is 0 Å². The van der Waals surface area contributed by atoms with Crippen LogP contribution in [0.1, 0.15) is 0 Å². The van der Waals surface area contributed by atoms with Gasteiger partial charge in [0, 0.05) is 0 Å². The standard InChI is InChI=1S/C5H9Cl7NPSi/c1-15(2,3)13-14(12,4(6,7)8)5(9,10)11/h1-3H3. The van der Waals surface area contributed by atoms with Crippen LogP contribution in [0.2, 0.25) is 19.6 Å². The zero-order valence-electron chi connectivity index (χ0n) is 8.04. The van der Waals surface area contributed by atoms with Gasteiger partial charge in [0.2, 0.25) is 7.07 Å². The Morgan fingerprint density at radius 3 is 1.20 bits per heavy atom. The summed E-state index contributed by atoms with van der Waals surface area (Å²) in [6.45, 7) is 5.74. The van der Waals surface area contributed by atoms with Crippen molar-refractivity contribution in [1.29, 1.82) is 0 Å². The molecule has 0 aliphatic heterocycles. The number of hydrogen-bond donors (Lipinski definition) is 0. The maximum Gasteiger partial charge on any atom is 0.240 e. The SMILES string of the molecule is C[Si](C)(C)N=P(Cl)(C(Cl)(Cl)Cl)C(Cl)(Cl)Cl. The minimum Gasteiger partial charge on any atom is -0.317 e. The molecule has 0 aromatic rings. The first-order valence-electron chi connectivity index (χ1n) is 3.67.